The van der Waals surface area contributed by atoms with Crippen molar-refractivity contribution in [1.82, 2.24) is 19.9 Å². The molecule has 0 unspecified atom stereocenters. The average molecular weight is 266 g/mol. The molecule has 1 saturated heterocycles. The summed E-state index contributed by atoms with van der Waals surface area (Å²) in [6.45, 7) is 7.19. The molecule has 0 spiro atoms. The number of methoxy groups -OCH3 is 1. The third kappa shape index (κ3) is 2.86. The average Bonchev–Trinajstić information content (AvgIpc) is 2.41. The van der Waals surface area contributed by atoms with Crippen molar-refractivity contribution >= 4 is 11.9 Å². The Kier molecular flexibility index (Phi) is 3.75. The first-order chi connectivity index (χ1) is 8.96. The lowest BCUT2D eigenvalue weighted by Gasteiger charge is -2.45. The number of piperazine rings is 1. The number of nitrogens with zero attached hydrogens (tertiary/aromatic N) is 5. The fraction of sp³-hybridized carbons (Fsp3) is 0.750. The van der Waals surface area contributed by atoms with Gasteiger partial charge in [-0.05, 0) is 20.9 Å². The van der Waals surface area contributed by atoms with Gasteiger partial charge in [0, 0.05) is 32.2 Å². The van der Waals surface area contributed by atoms with Crippen LogP contribution in [-0.2, 0) is 0 Å². The van der Waals surface area contributed by atoms with Crippen LogP contribution in [0.5, 0.6) is 6.01 Å². The summed E-state index contributed by atoms with van der Waals surface area (Å²) in [5, 5.41) is 2.93. The molecule has 7 nitrogen and oxygen atoms in total. The number of rotatable bonds is 3. The van der Waals surface area contributed by atoms with E-state index in [1.165, 1.54) is 0 Å². The van der Waals surface area contributed by atoms with E-state index in [2.05, 4.69) is 51.0 Å². The molecule has 7 heteroatoms. The van der Waals surface area contributed by atoms with E-state index in [-0.39, 0.29) is 5.54 Å². The summed E-state index contributed by atoms with van der Waals surface area (Å²) in [4.78, 5) is 17.4. The molecule has 0 aromatic carbocycles. The molecule has 2 heterocycles. The molecule has 1 aliphatic rings. The highest BCUT2D eigenvalue weighted by Gasteiger charge is 2.32. The maximum atomic E-state index is 5.12. The molecule has 19 heavy (non-hydrogen) atoms. The van der Waals surface area contributed by atoms with E-state index in [0.717, 1.165) is 19.6 Å². The minimum absolute atomic E-state index is 0.0952. The van der Waals surface area contributed by atoms with E-state index in [1.807, 2.05) is 0 Å². The second-order valence-corrected chi connectivity index (χ2v) is 5.35. The number of anilines is 2. The Bertz CT molecular complexity index is 428. The van der Waals surface area contributed by atoms with Gasteiger partial charge >= 0.3 is 6.01 Å². The zero-order valence-corrected chi connectivity index (χ0v) is 12.3. The van der Waals surface area contributed by atoms with Gasteiger partial charge in [-0.1, -0.05) is 0 Å². The standard InChI is InChI=1S/C12H22N6O/c1-12(2)8-18(7-6-17(12)4)10-14-9(13-3)15-11(16-10)19-5/h6-8H2,1-5H3,(H,13,14,15,16). The van der Waals surface area contributed by atoms with Gasteiger partial charge in [-0.2, -0.15) is 15.0 Å². The smallest absolute Gasteiger partial charge is 0.322 e. The van der Waals surface area contributed by atoms with Crippen molar-refractivity contribution in [3.05, 3.63) is 0 Å². The first-order valence-corrected chi connectivity index (χ1v) is 6.40. The Balaban J connectivity index is 2.26. The molecule has 1 aliphatic heterocycles. The monoisotopic (exact) mass is 266 g/mol. The van der Waals surface area contributed by atoms with Gasteiger partial charge in [0.15, 0.2) is 0 Å². The lowest BCUT2D eigenvalue weighted by atomic mass is 10.0. The van der Waals surface area contributed by atoms with Crippen molar-refractivity contribution in [2.24, 2.45) is 0 Å². The van der Waals surface area contributed by atoms with Crippen LogP contribution in [0.1, 0.15) is 13.8 Å². The summed E-state index contributed by atoms with van der Waals surface area (Å²) in [7, 11) is 5.49. The van der Waals surface area contributed by atoms with Crippen molar-refractivity contribution in [2.45, 2.75) is 19.4 Å². The predicted molar refractivity (Wildman–Crippen MR) is 74.8 cm³/mol. The number of ether oxygens (including phenoxy) is 1. The molecule has 1 aromatic heterocycles. The van der Waals surface area contributed by atoms with Gasteiger partial charge in [0.25, 0.3) is 0 Å². The van der Waals surface area contributed by atoms with Gasteiger partial charge in [0.2, 0.25) is 11.9 Å². The molecule has 0 atom stereocenters. The number of aromatic nitrogens is 3. The van der Waals surface area contributed by atoms with Crippen molar-refractivity contribution < 1.29 is 4.74 Å². The SMILES string of the molecule is CNc1nc(OC)nc(N2CCN(C)C(C)(C)C2)n1. The van der Waals surface area contributed by atoms with Crippen molar-refractivity contribution in [2.75, 3.05) is 51.1 Å². The summed E-state index contributed by atoms with van der Waals surface area (Å²) in [5.74, 6) is 1.19. The van der Waals surface area contributed by atoms with Gasteiger partial charge in [0.1, 0.15) is 0 Å². The van der Waals surface area contributed by atoms with Gasteiger partial charge in [-0.25, -0.2) is 0 Å². The maximum Gasteiger partial charge on any atom is 0.322 e. The first-order valence-electron chi connectivity index (χ1n) is 6.40. The van der Waals surface area contributed by atoms with Crippen molar-refractivity contribution in [3.63, 3.8) is 0 Å². The molecule has 1 N–H and O–H groups in total. The van der Waals surface area contributed by atoms with E-state index in [4.69, 9.17) is 4.74 Å². The Hall–Kier alpha value is -1.63. The molecule has 0 amide bonds. The minimum atomic E-state index is 0.0952. The second-order valence-electron chi connectivity index (χ2n) is 5.35. The van der Waals surface area contributed by atoms with E-state index in [0.29, 0.717) is 17.9 Å². The van der Waals surface area contributed by atoms with Crippen LogP contribution in [0.15, 0.2) is 0 Å². The molecule has 0 radical (unpaired) electrons. The quantitative estimate of drug-likeness (QED) is 0.852. The third-order valence-corrected chi connectivity index (χ3v) is 3.61. The Morgan fingerprint density at radius 1 is 1.21 bits per heavy atom. The highest BCUT2D eigenvalue weighted by Crippen LogP contribution is 2.23. The molecule has 1 aromatic rings. The van der Waals surface area contributed by atoms with Gasteiger partial charge < -0.3 is 15.0 Å². The van der Waals surface area contributed by atoms with Crippen molar-refractivity contribution in [3.8, 4) is 6.01 Å². The van der Waals surface area contributed by atoms with Crippen molar-refractivity contribution in [1.29, 1.82) is 0 Å². The Labute approximate surface area is 114 Å². The van der Waals surface area contributed by atoms with Crippen LogP contribution in [-0.4, -0.2) is 66.2 Å². The van der Waals surface area contributed by atoms with E-state index < -0.39 is 0 Å². The number of hydrogen-bond donors (Lipinski definition) is 1. The van der Waals surface area contributed by atoms with Gasteiger partial charge in [-0.3, -0.25) is 4.90 Å². The normalized spacial score (nSPS) is 19.3. The van der Waals surface area contributed by atoms with Gasteiger partial charge in [-0.15, -0.1) is 0 Å². The molecular weight excluding hydrogens is 244 g/mol. The summed E-state index contributed by atoms with van der Waals surface area (Å²) in [6.07, 6.45) is 0. The summed E-state index contributed by atoms with van der Waals surface area (Å²) < 4.78 is 5.12. The first kappa shape index (κ1) is 13.8. The topological polar surface area (TPSA) is 66.4 Å². The lowest BCUT2D eigenvalue weighted by molar-refractivity contribution is 0.138. The van der Waals surface area contributed by atoms with Crippen LogP contribution in [0.2, 0.25) is 0 Å². The maximum absolute atomic E-state index is 5.12. The molecule has 1 fully saturated rings. The highest BCUT2D eigenvalue weighted by atomic mass is 16.5. The van der Waals surface area contributed by atoms with E-state index in [1.54, 1.807) is 14.2 Å². The predicted octanol–water partition coefficient (Wildman–Crippen LogP) is 0.452. The zero-order valence-electron chi connectivity index (χ0n) is 12.3. The highest BCUT2D eigenvalue weighted by molar-refractivity contribution is 5.39. The van der Waals surface area contributed by atoms with Crippen LogP contribution in [0.3, 0.4) is 0 Å². The zero-order chi connectivity index (χ0) is 14.0. The third-order valence-electron chi connectivity index (χ3n) is 3.61. The van der Waals surface area contributed by atoms with Crippen LogP contribution < -0.4 is 15.0 Å². The number of likely N-dealkylation sites (N-methyl/N-ethyl adjacent to an activating group) is 1. The molecular formula is C12H22N6O. The summed E-state index contributed by atoms with van der Waals surface area (Å²) in [6, 6.07) is 0.339. The molecule has 2 rings (SSSR count). The second kappa shape index (κ2) is 5.16. The number of hydrogen-bond acceptors (Lipinski definition) is 7. The summed E-state index contributed by atoms with van der Waals surface area (Å²) >= 11 is 0. The van der Waals surface area contributed by atoms with Crippen LogP contribution >= 0.6 is 0 Å². The largest absolute Gasteiger partial charge is 0.467 e. The van der Waals surface area contributed by atoms with E-state index >= 15 is 0 Å². The Morgan fingerprint density at radius 3 is 2.53 bits per heavy atom. The number of nitrogens with one attached hydrogen (secondary N) is 1. The molecule has 0 saturated carbocycles. The molecule has 0 aliphatic carbocycles. The summed E-state index contributed by atoms with van der Waals surface area (Å²) in [5.41, 5.74) is 0.0952. The fourth-order valence-corrected chi connectivity index (χ4v) is 2.10. The Morgan fingerprint density at radius 2 is 1.95 bits per heavy atom. The van der Waals surface area contributed by atoms with Crippen LogP contribution in [0.25, 0.3) is 0 Å². The minimum Gasteiger partial charge on any atom is -0.467 e. The fourth-order valence-electron chi connectivity index (χ4n) is 2.10. The van der Waals surface area contributed by atoms with Crippen LogP contribution in [0.4, 0.5) is 11.9 Å². The lowest BCUT2D eigenvalue weighted by Crippen LogP contribution is -2.58. The molecule has 106 valence electrons. The van der Waals surface area contributed by atoms with Gasteiger partial charge in [0.05, 0.1) is 7.11 Å². The van der Waals surface area contributed by atoms with E-state index in [9.17, 15) is 0 Å². The molecule has 0 bridgehead atoms. The van der Waals surface area contributed by atoms with Crippen LogP contribution in [0, 0.1) is 0 Å².